The molecule has 11 nitrogen and oxygen atoms in total. The number of hydrogen-bond acceptors (Lipinski definition) is 7. The molecular formula is C27H30F2N6O5S. The number of likely N-dealkylation sites (tertiary alicyclic amines) is 1. The first-order valence-electron chi connectivity index (χ1n) is 12.9. The van der Waals surface area contributed by atoms with E-state index in [1.807, 2.05) is 11.9 Å². The summed E-state index contributed by atoms with van der Waals surface area (Å²) in [4.78, 5) is 27.8. The molecular weight excluding hydrogens is 558 g/mol. The molecule has 2 amide bonds. The van der Waals surface area contributed by atoms with E-state index in [1.54, 1.807) is 26.0 Å². The molecule has 0 aliphatic carbocycles. The number of rotatable bonds is 7. The maximum atomic E-state index is 13.9. The number of sulfonamides is 1. The molecule has 0 radical (unpaired) electrons. The number of H-pyrrole nitrogens is 1. The van der Waals surface area contributed by atoms with Crippen molar-refractivity contribution in [3.63, 3.8) is 0 Å². The Morgan fingerprint density at radius 1 is 1.12 bits per heavy atom. The number of nitrogens with zero attached hydrogens (tertiary/aromatic N) is 3. The lowest BCUT2D eigenvalue weighted by Gasteiger charge is -2.30. The summed E-state index contributed by atoms with van der Waals surface area (Å²) in [5.41, 5.74) is 0.0289. The number of aromatic amines is 1. The second-order valence-electron chi connectivity index (χ2n) is 10.6. The van der Waals surface area contributed by atoms with E-state index in [0.29, 0.717) is 29.5 Å². The molecule has 1 aromatic heterocycles. The molecule has 0 saturated carbocycles. The van der Waals surface area contributed by atoms with Gasteiger partial charge in [-0.25, -0.2) is 17.2 Å². The minimum Gasteiger partial charge on any atom is -0.497 e. The van der Waals surface area contributed by atoms with Crippen molar-refractivity contribution in [2.75, 3.05) is 31.3 Å². The van der Waals surface area contributed by atoms with Gasteiger partial charge in [-0.05, 0) is 64.5 Å². The molecule has 14 heteroatoms. The third-order valence-corrected chi connectivity index (χ3v) is 9.61. The highest BCUT2D eigenvalue weighted by molar-refractivity contribution is 7.89. The number of carbonyl (C=O) groups is 2. The SMILES string of the molecule is COc1ccc(C(=O)Nc2n[nH]c3c2CN(S(=O)(=O)c2cc(F)cc(F)c2)C3(C)C)c(NC(=O)C2CCCN2C)c1. The Morgan fingerprint density at radius 3 is 2.46 bits per heavy atom. The number of halogens is 2. The van der Waals surface area contributed by atoms with Gasteiger partial charge in [0, 0.05) is 24.2 Å². The van der Waals surface area contributed by atoms with Gasteiger partial charge in [0.15, 0.2) is 5.82 Å². The van der Waals surface area contributed by atoms with E-state index < -0.39 is 38.0 Å². The van der Waals surface area contributed by atoms with Crippen molar-refractivity contribution >= 4 is 33.3 Å². The normalized spacial score (nSPS) is 18.7. The lowest BCUT2D eigenvalue weighted by Crippen LogP contribution is -2.40. The molecule has 3 heterocycles. The van der Waals surface area contributed by atoms with Gasteiger partial charge in [-0.2, -0.15) is 9.40 Å². The van der Waals surface area contributed by atoms with Gasteiger partial charge in [-0.3, -0.25) is 19.6 Å². The van der Waals surface area contributed by atoms with Crippen molar-refractivity contribution < 1.29 is 31.5 Å². The summed E-state index contributed by atoms with van der Waals surface area (Å²) in [5, 5.41) is 12.5. The molecule has 3 aromatic rings. The lowest BCUT2D eigenvalue weighted by molar-refractivity contribution is -0.119. The lowest BCUT2D eigenvalue weighted by atomic mass is 10.0. The van der Waals surface area contributed by atoms with Crippen molar-refractivity contribution in [2.45, 2.75) is 49.7 Å². The number of anilines is 2. The third-order valence-electron chi connectivity index (χ3n) is 7.61. The molecule has 218 valence electrons. The van der Waals surface area contributed by atoms with E-state index in [-0.39, 0.29) is 35.6 Å². The maximum Gasteiger partial charge on any atom is 0.258 e. The second kappa shape index (κ2) is 10.5. The number of amides is 2. The average molecular weight is 589 g/mol. The molecule has 1 fully saturated rings. The maximum absolute atomic E-state index is 13.9. The summed E-state index contributed by atoms with van der Waals surface area (Å²) >= 11 is 0. The highest BCUT2D eigenvalue weighted by Crippen LogP contribution is 2.44. The number of carbonyl (C=O) groups excluding carboxylic acids is 2. The fraction of sp³-hybridized carbons (Fsp3) is 0.370. The molecule has 5 rings (SSSR count). The largest absolute Gasteiger partial charge is 0.497 e. The van der Waals surface area contributed by atoms with Crippen molar-refractivity contribution in [3.05, 3.63) is 64.9 Å². The van der Waals surface area contributed by atoms with E-state index in [9.17, 15) is 26.8 Å². The predicted molar refractivity (Wildman–Crippen MR) is 146 cm³/mol. The van der Waals surface area contributed by atoms with Gasteiger partial charge in [0.1, 0.15) is 17.4 Å². The number of hydrogen-bond donors (Lipinski definition) is 3. The van der Waals surface area contributed by atoms with Crippen LogP contribution in [0.15, 0.2) is 41.3 Å². The summed E-state index contributed by atoms with van der Waals surface area (Å²) in [5.74, 6) is -2.35. The Hall–Kier alpha value is -3.88. The summed E-state index contributed by atoms with van der Waals surface area (Å²) in [6.07, 6.45) is 1.59. The quantitative estimate of drug-likeness (QED) is 0.385. The van der Waals surface area contributed by atoms with E-state index in [0.717, 1.165) is 29.4 Å². The van der Waals surface area contributed by atoms with Crippen LogP contribution >= 0.6 is 0 Å². The molecule has 1 unspecified atom stereocenters. The van der Waals surface area contributed by atoms with Crippen LogP contribution in [0.4, 0.5) is 20.3 Å². The molecule has 1 atom stereocenters. The first-order chi connectivity index (χ1) is 19.3. The number of nitrogens with one attached hydrogen (secondary N) is 3. The minimum atomic E-state index is -4.34. The van der Waals surface area contributed by atoms with Gasteiger partial charge in [-0.15, -0.1) is 0 Å². The minimum absolute atomic E-state index is 0.0878. The standard InChI is InChI=1S/C27H30F2N6O5S/c1-27(2)23-20(14-35(27)41(38,39)18-11-15(28)10-16(29)12-18)24(33-32-23)31-25(36)19-8-7-17(40-4)13-21(19)30-26(37)22-6-5-9-34(22)3/h7-8,10-13,22H,5-6,9,14H2,1-4H3,(H,30,37)(H2,31,32,33,36). The van der Waals surface area contributed by atoms with Crippen LogP contribution in [-0.4, -0.2) is 66.4 Å². The summed E-state index contributed by atoms with van der Waals surface area (Å²) in [6.45, 7) is 3.82. The van der Waals surface area contributed by atoms with Gasteiger partial charge in [0.05, 0.1) is 40.5 Å². The molecule has 0 spiro atoms. The monoisotopic (exact) mass is 588 g/mol. The topological polar surface area (TPSA) is 137 Å². The first-order valence-corrected chi connectivity index (χ1v) is 14.3. The van der Waals surface area contributed by atoms with Crippen LogP contribution < -0.4 is 15.4 Å². The van der Waals surface area contributed by atoms with E-state index in [2.05, 4.69) is 20.8 Å². The number of aromatic nitrogens is 2. The summed E-state index contributed by atoms with van der Waals surface area (Å²) in [7, 11) is -1.00. The van der Waals surface area contributed by atoms with Crippen LogP contribution in [-0.2, 0) is 26.9 Å². The van der Waals surface area contributed by atoms with Gasteiger partial charge in [-0.1, -0.05) is 0 Å². The Labute approximate surface area is 235 Å². The first kappa shape index (κ1) is 28.6. The van der Waals surface area contributed by atoms with Gasteiger partial charge in [0.25, 0.3) is 5.91 Å². The third kappa shape index (κ3) is 5.18. The van der Waals surface area contributed by atoms with Gasteiger partial charge < -0.3 is 15.4 Å². The van der Waals surface area contributed by atoms with Crippen molar-refractivity contribution in [3.8, 4) is 5.75 Å². The molecule has 1 saturated heterocycles. The Bertz CT molecular complexity index is 1620. The highest BCUT2D eigenvalue weighted by atomic mass is 32.2. The van der Waals surface area contributed by atoms with Crippen molar-refractivity contribution in [1.82, 2.24) is 19.4 Å². The van der Waals surface area contributed by atoms with Crippen molar-refractivity contribution in [2.24, 2.45) is 0 Å². The molecule has 2 aromatic carbocycles. The van der Waals surface area contributed by atoms with E-state index in [1.165, 1.54) is 13.2 Å². The Morgan fingerprint density at radius 2 is 1.83 bits per heavy atom. The van der Waals surface area contributed by atoms with Crippen LogP contribution in [0.3, 0.4) is 0 Å². The van der Waals surface area contributed by atoms with Crippen molar-refractivity contribution in [1.29, 1.82) is 0 Å². The molecule has 41 heavy (non-hydrogen) atoms. The van der Waals surface area contributed by atoms with E-state index in [4.69, 9.17) is 4.74 Å². The summed E-state index contributed by atoms with van der Waals surface area (Å²) in [6, 6.07) is 6.41. The fourth-order valence-corrected chi connectivity index (χ4v) is 7.14. The number of fused-ring (bicyclic) bond motifs is 1. The van der Waals surface area contributed by atoms with Gasteiger partial charge in [0.2, 0.25) is 15.9 Å². The fourth-order valence-electron chi connectivity index (χ4n) is 5.37. The van der Waals surface area contributed by atoms with Crippen LogP contribution in [0.1, 0.15) is 48.3 Å². The molecule has 2 aliphatic rings. The van der Waals surface area contributed by atoms with Crippen LogP contribution in [0.25, 0.3) is 0 Å². The van der Waals surface area contributed by atoms with Crippen LogP contribution in [0, 0.1) is 11.6 Å². The smallest absolute Gasteiger partial charge is 0.258 e. The van der Waals surface area contributed by atoms with E-state index >= 15 is 0 Å². The predicted octanol–water partition coefficient (Wildman–Crippen LogP) is 3.42. The zero-order valence-electron chi connectivity index (χ0n) is 22.9. The van der Waals surface area contributed by atoms with Crippen LogP contribution in [0.2, 0.25) is 0 Å². The van der Waals surface area contributed by atoms with Gasteiger partial charge >= 0.3 is 0 Å². The highest BCUT2D eigenvalue weighted by Gasteiger charge is 2.48. The van der Waals surface area contributed by atoms with Crippen LogP contribution in [0.5, 0.6) is 5.75 Å². The average Bonchev–Trinajstić information content (AvgIpc) is 3.59. The number of likely N-dealkylation sites (N-methyl/N-ethyl adjacent to an activating group) is 1. The molecule has 2 aliphatic heterocycles. The number of methoxy groups -OCH3 is 1. The zero-order chi connectivity index (χ0) is 29.7. The second-order valence-corrected chi connectivity index (χ2v) is 12.5. The zero-order valence-corrected chi connectivity index (χ0v) is 23.7. The number of benzene rings is 2. The Kier molecular flexibility index (Phi) is 7.34. The Balaban J connectivity index is 1.42. The summed E-state index contributed by atoms with van der Waals surface area (Å²) < 4.78 is 60.9. The molecule has 0 bridgehead atoms. The number of ether oxygens (including phenoxy) is 1. The molecule has 3 N–H and O–H groups in total.